The Morgan fingerprint density at radius 3 is 2.32 bits per heavy atom. The van der Waals surface area contributed by atoms with Crippen molar-refractivity contribution in [2.45, 2.75) is 88.7 Å². The number of aliphatic hydroxyl groups is 2. The van der Waals surface area contributed by atoms with Gasteiger partial charge in [0.2, 0.25) is 18.5 Å². The maximum Gasteiger partial charge on any atom is 0.273 e. The maximum absolute atomic E-state index is 15.0. The van der Waals surface area contributed by atoms with Crippen LogP contribution in [0.3, 0.4) is 0 Å². The van der Waals surface area contributed by atoms with Crippen molar-refractivity contribution >= 4 is 23.0 Å². The highest BCUT2D eigenvalue weighted by molar-refractivity contribution is 6.03. The number of nitro groups is 2. The molecule has 4 aromatic carbocycles. The first-order valence-electron chi connectivity index (χ1n) is 23.7. The number of fused-ring (bicyclic) bond motifs is 3. The zero-order valence-electron chi connectivity index (χ0n) is 38.2. The van der Waals surface area contributed by atoms with E-state index in [9.17, 15) is 30.4 Å². The molecule has 9 rings (SSSR count). The number of oxime groups is 1. The molecular formula is C52H56N4O13. The van der Waals surface area contributed by atoms with Crippen LogP contribution in [-0.2, 0) is 27.5 Å². The van der Waals surface area contributed by atoms with Crippen LogP contribution in [0.5, 0.6) is 28.7 Å². The SMILES string of the molecule is C=CCO[C@@]12Oc3ccc(Oc4cccc([N+](=O)[O-])c4)cc3[C@H]3[C@H](CCCCO)[C@@H](CCCCO)C=C(C(=NOCc4ccc([N+](=O)[O-])cc4)C[C@@H]1N(Cc1ccc4c(c1)OCO4)C(=O)C1CC1)[C@H]32. The van der Waals surface area contributed by atoms with Gasteiger partial charge in [0.1, 0.15) is 29.9 Å². The lowest BCUT2D eigenvalue weighted by Gasteiger charge is -2.60. The van der Waals surface area contributed by atoms with Gasteiger partial charge in [-0.05, 0) is 116 Å². The monoisotopic (exact) mass is 944 g/mol. The Kier molecular flexibility index (Phi) is 14.3. The lowest BCUT2D eigenvalue weighted by Crippen LogP contribution is -2.70. The van der Waals surface area contributed by atoms with E-state index in [0.29, 0.717) is 60.0 Å². The number of nitrogens with zero attached hydrogens (tertiary/aromatic N) is 4. The van der Waals surface area contributed by atoms with Gasteiger partial charge in [-0.2, -0.15) is 0 Å². The first-order chi connectivity index (χ1) is 33.6. The number of carbonyl (C=O) groups excluding carboxylic acids is 1. The van der Waals surface area contributed by atoms with Crippen molar-refractivity contribution in [3.05, 3.63) is 146 Å². The molecule has 0 unspecified atom stereocenters. The number of unbranched alkanes of at least 4 members (excludes halogenated alkanes) is 2. The van der Waals surface area contributed by atoms with Crippen LogP contribution in [0.25, 0.3) is 0 Å². The molecule has 0 radical (unpaired) electrons. The smallest absolute Gasteiger partial charge is 0.273 e. The van der Waals surface area contributed by atoms with E-state index in [4.69, 9.17) is 33.7 Å². The molecule has 0 bridgehead atoms. The number of nitro benzene ring substituents is 2. The molecule has 17 nitrogen and oxygen atoms in total. The van der Waals surface area contributed by atoms with Gasteiger partial charge in [-0.15, -0.1) is 6.58 Å². The Labute approximate surface area is 399 Å². The zero-order chi connectivity index (χ0) is 48.1. The molecule has 0 saturated heterocycles. The number of hydrogen-bond acceptors (Lipinski definition) is 14. The Morgan fingerprint density at radius 1 is 0.855 bits per heavy atom. The molecule has 3 aliphatic carbocycles. The van der Waals surface area contributed by atoms with E-state index in [1.165, 1.54) is 24.3 Å². The third-order valence-electron chi connectivity index (χ3n) is 13.8. The summed E-state index contributed by atoms with van der Waals surface area (Å²) in [5.41, 5.74) is 3.55. The summed E-state index contributed by atoms with van der Waals surface area (Å²) in [6.07, 6.45) is 9.62. The van der Waals surface area contributed by atoms with Gasteiger partial charge in [0.25, 0.3) is 11.4 Å². The van der Waals surface area contributed by atoms with E-state index in [1.54, 1.807) is 36.4 Å². The van der Waals surface area contributed by atoms with Crippen molar-refractivity contribution in [3.63, 3.8) is 0 Å². The van der Waals surface area contributed by atoms with Gasteiger partial charge < -0.3 is 43.6 Å². The lowest BCUT2D eigenvalue weighted by atomic mass is 9.55. The fourth-order valence-electron chi connectivity index (χ4n) is 10.5. The minimum absolute atomic E-state index is 0.00888. The third-order valence-corrected chi connectivity index (χ3v) is 13.8. The number of amides is 1. The predicted molar refractivity (Wildman–Crippen MR) is 252 cm³/mol. The van der Waals surface area contributed by atoms with Crippen LogP contribution in [0.1, 0.15) is 80.4 Å². The number of hydrogen-bond donors (Lipinski definition) is 2. The van der Waals surface area contributed by atoms with Crippen molar-refractivity contribution in [2.75, 3.05) is 26.6 Å². The van der Waals surface area contributed by atoms with E-state index < -0.39 is 27.6 Å². The molecule has 1 amide bonds. The summed E-state index contributed by atoms with van der Waals surface area (Å²) in [5.74, 6) is -0.459. The van der Waals surface area contributed by atoms with E-state index in [-0.39, 0.29) is 92.9 Å². The Hall–Kier alpha value is -6.82. The summed E-state index contributed by atoms with van der Waals surface area (Å²) in [4.78, 5) is 45.3. The third kappa shape index (κ3) is 10.0. The number of benzene rings is 4. The maximum atomic E-state index is 15.0. The van der Waals surface area contributed by atoms with Crippen LogP contribution in [-0.4, -0.2) is 75.0 Å². The first-order valence-corrected chi connectivity index (χ1v) is 23.7. The fourth-order valence-corrected chi connectivity index (χ4v) is 10.5. The molecule has 2 heterocycles. The minimum Gasteiger partial charge on any atom is -0.459 e. The zero-order valence-corrected chi connectivity index (χ0v) is 38.2. The number of rotatable bonds is 22. The van der Waals surface area contributed by atoms with Crippen LogP contribution in [0.4, 0.5) is 11.4 Å². The van der Waals surface area contributed by atoms with Gasteiger partial charge in [-0.1, -0.05) is 42.3 Å². The highest BCUT2D eigenvalue weighted by Gasteiger charge is 2.66. The summed E-state index contributed by atoms with van der Waals surface area (Å²) in [6.45, 7) is 4.45. The Balaban J connectivity index is 1.22. The molecule has 2 fully saturated rings. The van der Waals surface area contributed by atoms with Gasteiger partial charge in [0, 0.05) is 61.8 Å². The van der Waals surface area contributed by atoms with E-state index in [2.05, 4.69) is 12.7 Å². The van der Waals surface area contributed by atoms with Gasteiger partial charge in [-0.25, -0.2) is 0 Å². The number of non-ortho nitro benzene ring substituents is 2. The summed E-state index contributed by atoms with van der Waals surface area (Å²) in [6, 6.07) is 22.5. The van der Waals surface area contributed by atoms with E-state index in [1.807, 2.05) is 35.2 Å². The lowest BCUT2D eigenvalue weighted by molar-refractivity contribution is -0.385. The van der Waals surface area contributed by atoms with Crippen molar-refractivity contribution in [1.82, 2.24) is 4.90 Å². The molecule has 5 aliphatic rings. The average molecular weight is 945 g/mol. The van der Waals surface area contributed by atoms with Gasteiger partial charge in [-0.3, -0.25) is 25.0 Å². The second-order valence-corrected chi connectivity index (χ2v) is 18.3. The number of allylic oxidation sites excluding steroid dienone is 1. The molecule has 2 saturated carbocycles. The fraction of sp³-hybridized carbons (Fsp3) is 0.423. The average Bonchev–Trinajstić information content (AvgIpc) is 4.10. The molecule has 362 valence electrons. The number of ether oxygens (including phenoxy) is 5. The van der Waals surface area contributed by atoms with Crippen LogP contribution >= 0.6 is 0 Å². The molecule has 0 spiro atoms. The van der Waals surface area contributed by atoms with Crippen molar-refractivity contribution in [2.24, 2.45) is 28.8 Å². The summed E-state index contributed by atoms with van der Waals surface area (Å²) in [5, 5.41) is 48.1. The topological polar surface area (TPSA) is 215 Å². The van der Waals surface area contributed by atoms with Crippen LogP contribution in [0, 0.1) is 43.9 Å². The van der Waals surface area contributed by atoms with Crippen LogP contribution < -0.4 is 18.9 Å². The van der Waals surface area contributed by atoms with Crippen LogP contribution in [0.15, 0.2) is 114 Å². The van der Waals surface area contributed by atoms with Gasteiger partial charge in [0.15, 0.2) is 11.5 Å². The number of aliphatic hydroxyl groups excluding tert-OH is 2. The van der Waals surface area contributed by atoms with E-state index in [0.717, 1.165) is 42.4 Å². The largest absolute Gasteiger partial charge is 0.459 e. The minimum atomic E-state index is -1.52. The van der Waals surface area contributed by atoms with Crippen molar-refractivity contribution < 1.29 is 53.4 Å². The molecule has 4 aromatic rings. The second kappa shape index (κ2) is 20.8. The Morgan fingerprint density at radius 2 is 1.58 bits per heavy atom. The second-order valence-electron chi connectivity index (χ2n) is 18.3. The highest BCUT2D eigenvalue weighted by Crippen LogP contribution is 2.62. The van der Waals surface area contributed by atoms with Crippen LogP contribution in [0.2, 0.25) is 0 Å². The van der Waals surface area contributed by atoms with Gasteiger partial charge >= 0.3 is 0 Å². The molecule has 17 heteroatoms. The Bertz CT molecular complexity index is 2620. The summed E-state index contributed by atoms with van der Waals surface area (Å²) in [7, 11) is 0. The normalized spacial score (nSPS) is 23.5. The standard InChI is InChI=1S/C52H56N4O13/c1-2-24-66-52-48(54(51(59)35-15-16-35)30-34-14-20-46-47(25-34)65-32-64-46)29-44(53-67-31-33-12-17-37(18-13-33)55(60)61)42-26-36(8-3-5-22-57)41(11-4-6-23-58)49(50(42)52)43-28-40(19-21-45(43)69-52)68-39-10-7-9-38(27-39)56(62)63/h2,7,9-10,12-14,17-21,25-28,35-36,41,48-50,57-58H,1,3-6,8,11,15-16,22-24,29-32H2/t36-,41+,48-,49+,50+,52+/m0/s1. The molecule has 2 aliphatic heterocycles. The summed E-state index contributed by atoms with van der Waals surface area (Å²) < 4.78 is 32.4. The van der Waals surface area contributed by atoms with Crippen molar-refractivity contribution in [3.8, 4) is 28.7 Å². The summed E-state index contributed by atoms with van der Waals surface area (Å²) >= 11 is 0. The first kappa shape index (κ1) is 47.3. The molecule has 69 heavy (non-hydrogen) atoms. The molecular weight excluding hydrogens is 889 g/mol. The molecule has 6 atom stereocenters. The van der Waals surface area contributed by atoms with Gasteiger partial charge in [0.05, 0.1) is 34.1 Å². The molecule has 2 N–H and O–H groups in total. The molecule has 0 aromatic heterocycles. The van der Waals surface area contributed by atoms with Crippen molar-refractivity contribution in [1.29, 1.82) is 0 Å². The quantitative estimate of drug-likeness (QED) is 0.0326. The number of carbonyl (C=O) groups is 1. The predicted octanol–water partition coefficient (Wildman–Crippen LogP) is 9.30. The van der Waals surface area contributed by atoms with E-state index >= 15 is 4.79 Å². The highest BCUT2D eigenvalue weighted by atomic mass is 16.7.